The van der Waals surface area contributed by atoms with Gasteiger partial charge in [0.1, 0.15) is 11.5 Å². The van der Waals surface area contributed by atoms with Crippen molar-refractivity contribution in [3.63, 3.8) is 0 Å². The minimum atomic E-state index is -0.438. The molecule has 0 radical (unpaired) electrons. The summed E-state index contributed by atoms with van der Waals surface area (Å²) in [5.41, 5.74) is 2.63. The quantitative estimate of drug-likeness (QED) is 0.639. The average Bonchev–Trinajstić information content (AvgIpc) is 2.41. The summed E-state index contributed by atoms with van der Waals surface area (Å²) in [6, 6.07) is 7.97. The lowest BCUT2D eigenvalue weighted by Crippen LogP contribution is -2.05. The highest BCUT2D eigenvalue weighted by Gasteiger charge is 2.15. The van der Waals surface area contributed by atoms with Crippen LogP contribution in [0.3, 0.4) is 0 Å². The second-order valence-electron chi connectivity index (χ2n) is 4.80. The Balaban J connectivity index is 2.27. The maximum absolute atomic E-state index is 13.8. The number of anilines is 1. The first kappa shape index (κ1) is 15.4. The predicted octanol–water partition coefficient (Wildman–Crippen LogP) is 4.73. The molecule has 1 N–H and O–H groups in total. The zero-order valence-electron chi connectivity index (χ0n) is 11.6. The number of nitrogens with one attached hydrogen (secondary N) is 1. The van der Waals surface area contributed by atoms with E-state index in [0.29, 0.717) is 15.7 Å². The van der Waals surface area contributed by atoms with E-state index in [2.05, 4.69) is 21.2 Å². The van der Waals surface area contributed by atoms with Gasteiger partial charge in [0.25, 0.3) is 5.69 Å². The molecule has 0 atom stereocenters. The Labute approximate surface area is 130 Å². The van der Waals surface area contributed by atoms with Crippen molar-refractivity contribution >= 4 is 27.3 Å². The summed E-state index contributed by atoms with van der Waals surface area (Å²) >= 11 is 3.19. The molecule has 0 aliphatic rings. The Morgan fingerprint density at radius 1 is 1.24 bits per heavy atom. The number of nitro benzene ring substituents is 1. The molecule has 6 heteroatoms. The molecule has 0 saturated heterocycles. The van der Waals surface area contributed by atoms with Gasteiger partial charge in [0, 0.05) is 22.6 Å². The van der Waals surface area contributed by atoms with Gasteiger partial charge in [-0.3, -0.25) is 10.1 Å². The molecule has 0 saturated carbocycles. The Hall–Kier alpha value is -1.95. The molecule has 2 aromatic rings. The van der Waals surface area contributed by atoms with Gasteiger partial charge in [0.05, 0.1) is 4.92 Å². The summed E-state index contributed by atoms with van der Waals surface area (Å²) in [5.74, 6) is -0.358. The minimum Gasteiger partial charge on any atom is -0.375 e. The number of hydrogen-bond acceptors (Lipinski definition) is 3. The molecule has 2 rings (SSSR count). The molecule has 4 nitrogen and oxygen atoms in total. The van der Waals surface area contributed by atoms with E-state index in [9.17, 15) is 14.5 Å². The summed E-state index contributed by atoms with van der Waals surface area (Å²) in [7, 11) is 0. The van der Waals surface area contributed by atoms with Gasteiger partial charge in [0.15, 0.2) is 0 Å². The van der Waals surface area contributed by atoms with Crippen LogP contribution in [-0.2, 0) is 6.54 Å². The largest absolute Gasteiger partial charge is 0.375 e. The van der Waals surface area contributed by atoms with Gasteiger partial charge >= 0.3 is 0 Å². The van der Waals surface area contributed by atoms with Gasteiger partial charge in [-0.1, -0.05) is 22.0 Å². The highest BCUT2D eigenvalue weighted by atomic mass is 79.9. The number of aryl methyl sites for hydroxylation is 2. The van der Waals surface area contributed by atoms with Crippen molar-refractivity contribution in [2.75, 3.05) is 5.32 Å². The maximum atomic E-state index is 13.8. The van der Waals surface area contributed by atoms with E-state index in [1.54, 1.807) is 18.2 Å². The summed E-state index contributed by atoms with van der Waals surface area (Å²) in [6.45, 7) is 3.88. The number of hydrogen-bond donors (Lipinski definition) is 1. The van der Waals surface area contributed by atoms with Crippen LogP contribution in [0.15, 0.2) is 34.8 Å². The van der Waals surface area contributed by atoms with Gasteiger partial charge in [-0.25, -0.2) is 4.39 Å². The van der Waals surface area contributed by atoms with Crippen molar-refractivity contribution in [2.24, 2.45) is 0 Å². The highest BCUT2D eigenvalue weighted by molar-refractivity contribution is 9.10. The van der Waals surface area contributed by atoms with Crippen LogP contribution in [0.4, 0.5) is 15.8 Å². The Bertz CT molecular complexity index is 704. The molecule has 0 bridgehead atoms. The minimum absolute atomic E-state index is 0.00406. The van der Waals surface area contributed by atoms with Crippen molar-refractivity contribution in [3.05, 3.63) is 67.4 Å². The van der Waals surface area contributed by atoms with Gasteiger partial charge in [-0.15, -0.1) is 0 Å². The van der Waals surface area contributed by atoms with Gasteiger partial charge < -0.3 is 5.32 Å². The summed E-state index contributed by atoms with van der Waals surface area (Å²) < 4.78 is 14.4. The van der Waals surface area contributed by atoms with Crippen LogP contribution in [0.1, 0.15) is 16.7 Å². The third-order valence-corrected chi connectivity index (χ3v) is 3.79. The molecule has 0 fully saturated rings. The summed E-state index contributed by atoms with van der Waals surface area (Å²) in [6.07, 6.45) is 0. The lowest BCUT2D eigenvalue weighted by atomic mass is 10.1. The number of nitro groups is 1. The van der Waals surface area contributed by atoms with Crippen LogP contribution in [0, 0.1) is 29.8 Å². The summed E-state index contributed by atoms with van der Waals surface area (Å²) in [5, 5.41) is 14.0. The Kier molecular flexibility index (Phi) is 4.57. The van der Waals surface area contributed by atoms with E-state index in [4.69, 9.17) is 0 Å². The van der Waals surface area contributed by atoms with E-state index in [-0.39, 0.29) is 18.0 Å². The third kappa shape index (κ3) is 3.58. The molecule has 0 amide bonds. The lowest BCUT2D eigenvalue weighted by Gasteiger charge is -2.10. The molecule has 0 aromatic heterocycles. The number of nitrogens with zero attached hydrogens (tertiary/aromatic N) is 1. The standard InChI is InChI=1S/C15H14BrFN2O2/c1-9-5-14(15(19(20)21)6-10(9)2)18-8-11-3-4-12(16)7-13(11)17/h3-7,18H,8H2,1-2H3. The number of rotatable bonds is 4. The molecule has 0 aliphatic heterocycles. The van der Waals surface area contributed by atoms with Crippen molar-refractivity contribution in [1.82, 2.24) is 0 Å². The zero-order chi connectivity index (χ0) is 15.6. The molecule has 2 aromatic carbocycles. The van der Waals surface area contributed by atoms with Crippen LogP contribution >= 0.6 is 15.9 Å². The first-order valence-corrected chi connectivity index (χ1v) is 7.11. The van der Waals surface area contributed by atoms with Gasteiger partial charge in [0.2, 0.25) is 0 Å². The highest BCUT2D eigenvalue weighted by Crippen LogP contribution is 2.28. The fourth-order valence-electron chi connectivity index (χ4n) is 1.95. The fraction of sp³-hybridized carbons (Fsp3) is 0.200. The molecule has 0 unspecified atom stereocenters. The first-order valence-electron chi connectivity index (χ1n) is 6.32. The van der Waals surface area contributed by atoms with E-state index in [0.717, 1.165) is 11.1 Å². The van der Waals surface area contributed by atoms with Crippen molar-refractivity contribution in [1.29, 1.82) is 0 Å². The third-order valence-electron chi connectivity index (χ3n) is 3.29. The second-order valence-corrected chi connectivity index (χ2v) is 5.72. The molecule has 0 spiro atoms. The monoisotopic (exact) mass is 352 g/mol. The first-order chi connectivity index (χ1) is 9.88. The fourth-order valence-corrected chi connectivity index (χ4v) is 2.28. The van der Waals surface area contributed by atoms with Crippen LogP contribution in [0.25, 0.3) is 0 Å². The van der Waals surface area contributed by atoms with E-state index in [1.807, 2.05) is 13.8 Å². The Morgan fingerprint density at radius 2 is 1.90 bits per heavy atom. The SMILES string of the molecule is Cc1cc(NCc2ccc(Br)cc2F)c([N+](=O)[O-])cc1C. The van der Waals surface area contributed by atoms with Gasteiger partial charge in [-0.05, 0) is 43.2 Å². The Morgan fingerprint density at radius 3 is 2.52 bits per heavy atom. The molecule has 21 heavy (non-hydrogen) atoms. The van der Waals surface area contributed by atoms with Gasteiger partial charge in [-0.2, -0.15) is 0 Å². The molecular formula is C15H14BrFN2O2. The number of halogens is 2. The zero-order valence-corrected chi connectivity index (χ0v) is 13.2. The topological polar surface area (TPSA) is 55.2 Å². The normalized spacial score (nSPS) is 10.5. The second kappa shape index (κ2) is 6.22. The maximum Gasteiger partial charge on any atom is 0.292 e. The van der Waals surface area contributed by atoms with Crippen molar-refractivity contribution in [3.8, 4) is 0 Å². The smallest absolute Gasteiger partial charge is 0.292 e. The van der Waals surface area contributed by atoms with Crippen molar-refractivity contribution < 1.29 is 9.31 Å². The van der Waals surface area contributed by atoms with E-state index in [1.165, 1.54) is 12.1 Å². The predicted molar refractivity (Wildman–Crippen MR) is 84.0 cm³/mol. The molecule has 0 aliphatic carbocycles. The molecule has 0 heterocycles. The molecule has 110 valence electrons. The van der Waals surface area contributed by atoms with Crippen LogP contribution < -0.4 is 5.32 Å². The van der Waals surface area contributed by atoms with Crippen LogP contribution in [0.5, 0.6) is 0 Å². The average molecular weight is 353 g/mol. The lowest BCUT2D eigenvalue weighted by molar-refractivity contribution is -0.384. The summed E-state index contributed by atoms with van der Waals surface area (Å²) in [4.78, 5) is 10.7. The van der Waals surface area contributed by atoms with Crippen LogP contribution in [0.2, 0.25) is 0 Å². The molecular weight excluding hydrogens is 339 g/mol. The van der Waals surface area contributed by atoms with Crippen LogP contribution in [-0.4, -0.2) is 4.92 Å². The van der Waals surface area contributed by atoms with E-state index >= 15 is 0 Å². The van der Waals surface area contributed by atoms with E-state index < -0.39 is 4.92 Å². The van der Waals surface area contributed by atoms with Crippen molar-refractivity contribution in [2.45, 2.75) is 20.4 Å². The number of benzene rings is 2.